The lowest BCUT2D eigenvalue weighted by Crippen LogP contribution is -2.12. The average molecular weight is 131 g/mol. The number of nitrogens with two attached hydrogens (primary N) is 1. The van der Waals surface area contributed by atoms with Crippen LogP contribution in [0, 0.1) is 0 Å². The van der Waals surface area contributed by atoms with Crippen LogP contribution in [0.4, 0.5) is 0 Å². The zero-order valence-corrected chi connectivity index (χ0v) is 5.15. The van der Waals surface area contributed by atoms with Gasteiger partial charge in [0.1, 0.15) is 0 Å². The van der Waals surface area contributed by atoms with Gasteiger partial charge in [0, 0.05) is 17.7 Å². The van der Waals surface area contributed by atoms with E-state index in [1.54, 1.807) is 6.20 Å². The monoisotopic (exact) mass is 130 g/mol. The number of hydrogen-bond donors (Lipinski definition) is 1. The van der Waals surface area contributed by atoms with Gasteiger partial charge in [0.2, 0.25) is 0 Å². The molecule has 1 heterocycles. The predicted molar refractivity (Wildman–Crippen MR) is 34.8 cm³/mol. The van der Waals surface area contributed by atoms with Crippen LogP contribution in [-0.4, -0.2) is 5.84 Å². The number of amidine groups is 1. The Morgan fingerprint density at radius 1 is 1.62 bits per heavy atom. The van der Waals surface area contributed by atoms with E-state index in [-0.39, 0.29) is 0 Å². The Labute approximate surface area is 53.0 Å². The highest BCUT2D eigenvalue weighted by Crippen LogP contribution is 2.13. The van der Waals surface area contributed by atoms with Gasteiger partial charge in [-0.15, -0.1) is 0 Å². The fourth-order valence-corrected chi connectivity index (χ4v) is 0.673. The number of hydrogen-bond acceptors (Lipinski definition) is 2. The van der Waals surface area contributed by atoms with Gasteiger partial charge < -0.3 is 5.73 Å². The van der Waals surface area contributed by atoms with Gasteiger partial charge >= 0.3 is 0 Å². The van der Waals surface area contributed by atoms with E-state index in [0.717, 1.165) is 17.9 Å². The minimum atomic E-state index is 0.675. The van der Waals surface area contributed by atoms with Crippen LogP contribution in [0.15, 0.2) is 16.2 Å². The molecule has 0 radical (unpaired) electrons. The maximum absolute atomic E-state index is 5.58. The molecule has 0 atom stereocenters. The Morgan fingerprint density at radius 3 is 2.75 bits per heavy atom. The van der Waals surface area contributed by atoms with Crippen LogP contribution in [0.5, 0.6) is 0 Å². The van der Waals surface area contributed by atoms with Gasteiger partial charge in [0.25, 0.3) is 0 Å². The van der Waals surface area contributed by atoms with Crippen molar-refractivity contribution in [3.63, 3.8) is 0 Å². The van der Waals surface area contributed by atoms with Crippen LogP contribution in [-0.2, 0) is 0 Å². The third-order valence-corrected chi connectivity index (χ3v) is 1.28. The maximum Gasteiger partial charge on any atom is 0.0993 e. The number of aliphatic imine (C=N–C) groups is 1. The van der Waals surface area contributed by atoms with Crippen LogP contribution < -0.4 is 5.73 Å². The molecular formula is C5H7ClN2. The molecule has 2 nitrogen and oxygen atoms in total. The molecule has 1 rings (SSSR count). The van der Waals surface area contributed by atoms with Crippen molar-refractivity contribution in [1.82, 2.24) is 0 Å². The van der Waals surface area contributed by atoms with Crippen molar-refractivity contribution < 1.29 is 0 Å². The van der Waals surface area contributed by atoms with Crippen molar-refractivity contribution in [1.29, 1.82) is 0 Å². The molecule has 3 heteroatoms. The van der Waals surface area contributed by atoms with E-state index in [4.69, 9.17) is 17.3 Å². The molecule has 2 N–H and O–H groups in total. The molecule has 0 aliphatic carbocycles. The van der Waals surface area contributed by atoms with Gasteiger partial charge in [0.15, 0.2) is 0 Å². The Kier molecular flexibility index (Phi) is 1.53. The highest BCUT2D eigenvalue weighted by molar-refractivity contribution is 6.29. The zero-order chi connectivity index (χ0) is 5.98. The van der Waals surface area contributed by atoms with E-state index in [0.29, 0.717) is 5.84 Å². The standard InChI is InChI=1S/C5H7ClN2/c6-4-1-2-5(7)8-3-4/h3H,1-2H2,(H2,7,8). The molecule has 8 heavy (non-hydrogen) atoms. The van der Waals surface area contributed by atoms with Crippen molar-refractivity contribution in [3.05, 3.63) is 11.2 Å². The second-order valence-corrected chi connectivity index (χ2v) is 2.18. The second-order valence-electron chi connectivity index (χ2n) is 1.70. The fourth-order valence-electron chi connectivity index (χ4n) is 0.530. The summed E-state index contributed by atoms with van der Waals surface area (Å²) in [6, 6.07) is 0. The van der Waals surface area contributed by atoms with Gasteiger partial charge in [-0.25, -0.2) is 4.99 Å². The summed E-state index contributed by atoms with van der Waals surface area (Å²) in [7, 11) is 0. The molecule has 0 unspecified atom stereocenters. The van der Waals surface area contributed by atoms with Crippen molar-refractivity contribution >= 4 is 17.4 Å². The van der Waals surface area contributed by atoms with Gasteiger partial charge in [-0.3, -0.25) is 0 Å². The van der Waals surface area contributed by atoms with E-state index >= 15 is 0 Å². The molecule has 0 aromatic heterocycles. The molecule has 0 bridgehead atoms. The van der Waals surface area contributed by atoms with E-state index in [1.807, 2.05) is 0 Å². The van der Waals surface area contributed by atoms with Crippen LogP contribution >= 0.6 is 11.6 Å². The average Bonchev–Trinajstić information content (AvgIpc) is 1.77. The van der Waals surface area contributed by atoms with Crippen LogP contribution in [0.25, 0.3) is 0 Å². The first-order valence-corrected chi connectivity index (χ1v) is 2.83. The van der Waals surface area contributed by atoms with Crippen LogP contribution in [0.3, 0.4) is 0 Å². The number of rotatable bonds is 0. The Bertz CT molecular complexity index is 131. The Hall–Kier alpha value is -0.500. The smallest absolute Gasteiger partial charge is 0.0993 e. The molecule has 1 aliphatic rings. The molecule has 0 aromatic carbocycles. The van der Waals surface area contributed by atoms with Crippen molar-refractivity contribution in [2.24, 2.45) is 10.7 Å². The summed E-state index contributed by atoms with van der Waals surface area (Å²) < 4.78 is 0. The molecule has 1 aliphatic heterocycles. The lowest BCUT2D eigenvalue weighted by molar-refractivity contribution is 1.02. The van der Waals surface area contributed by atoms with Crippen molar-refractivity contribution in [2.75, 3.05) is 0 Å². The lowest BCUT2D eigenvalue weighted by atomic mass is 10.2. The molecule has 0 fully saturated rings. The number of nitrogens with zero attached hydrogens (tertiary/aromatic N) is 1. The van der Waals surface area contributed by atoms with E-state index < -0.39 is 0 Å². The molecular weight excluding hydrogens is 124 g/mol. The summed E-state index contributed by atoms with van der Waals surface area (Å²) in [5.74, 6) is 0.675. The number of allylic oxidation sites excluding steroid dienone is 1. The van der Waals surface area contributed by atoms with Crippen LogP contribution in [0.1, 0.15) is 12.8 Å². The minimum Gasteiger partial charge on any atom is -0.387 e. The third kappa shape index (κ3) is 1.23. The van der Waals surface area contributed by atoms with Crippen molar-refractivity contribution in [2.45, 2.75) is 12.8 Å². The first kappa shape index (κ1) is 5.63. The summed E-state index contributed by atoms with van der Waals surface area (Å²) in [5.41, 5.74) is 5.34. The molecule has 0 aromatic rings. The first-order valence-electron chi connectivity index (χ1n) is 2.46. The van der Waals surface area contributed by atoms with Gasteiger partial charge in [-0.2, -0.15) is 0 Å². The molecule has 0 amide bonds. The normalized spacial score (nSPS) is 19.6. The minimum absolute atomic E-state index is 0.675. The van der Waals surface area contributed by atoms with Gasteiger partial charge in [-0.05, 0) is 6.42 Å². The predicted octanol–water partition coefficient (Wildman–Crippen LogP) is 1.22. The highest BCUT2D eigenvalue weighted by atomic mass is 35.5. The van der Waals surface area contributed by atoms with Gasteiger partial charge in [-0.1, -0.05) is 11.6 Å². The van der Waals surface area contributed by atoms with Crippen LogP contribution in [0.2, 0.25) is 0 Å². The zero-order valence-electron chi connectivity index (χ0n) is 4.39. The van der Waals surface area contributed by atoms with Crippen molar-refractivity contribution in [3.8, 4) is 0 Å². The van der Waals surface area contributed by atoms with E-state index in [1.165, 1.54) is 0 Å². The Morgan fingerprint density at radius 2 is 2.38 bits per heavy atom. The maximum atomic E-state index is 5.58. The Balaban J connectivity index is 2.65. The summed E-state index contributed by atoms with van der Waals surface area (Å²) in [4.78, 5) is 3.81. The third-order valence-electron chi connectivity index (χ3n) is 0.990. The number of halogens is 1. The molecule has 44 valence electrons. The summed E-state index contributed by atoms with van der Waals surface area (Å²) in [6.07, 6.45) is 3.24. The second kappa shape index (κ2) is 2.18. The lowest BCUT2D eigenvalue weighted by Gasteiger charge is -2.02. The van der Waals surface area contributed by atoms with E-state index in [9.17, 15) is 0 Å². The highest BCUT2D eigenvalue weighted by Gasteiger charge is 1.99. The summed E-state index contributed by atoms with van der Waals surface area (Å²) in [6.45, 7) is 0. The summed E-state index contributed by atoms with van der Waals surface area (Å²) in [5, 5.41) is 0.791. The first-order chi connectivity index (χ1) is 3.79. The quantitative estimate of drug-likeness (QED) is 0.526. The SMILES string of the molecule is NC1=NC=C(Cl)CC1. The fraction of sp³-hybridized carbons (Fsp3) is 0.400. The molecule has 0 spiro atoms. The van der Waals surface area contributed by atoms with Gasteiger partial charge in [0.05, 0.1) is 5.84 Å². The largest absolute Gasteiger partial charge is 0.387 e. The topological polar surface area (TPSA) is 38.4 Å². The van der Waals surface area contributed by atoms with E-state index in [2.05, 4.69) is 4.99 Å². The molecule has 0 saturated carbocycles. The molecule has 0 saturated heterocycles. The summed E-state index contributed by atoms with van der Waals surface area (Å²) >= 11 is 5.58.